The molecule has 0 saturated carbocycles. The van der Waals surface area contributed by atoms with Gasteiger partial charge in [-0.25, -0.2) is 0 Å². The van der Waals surface area contributed by atoms with Crippen LogP contribution in [0.4, 0.5) is 0 Å². The second-order valence-electron chi connectivity index (χ2n) is 4.12. The molecule has 0 fully saturated rings. The lowest BCUT2D eigenvalue weighted by Crippen LogP contribution is -2.48. The Balaban J connectivity index is 3.00. The first-order chi connectivity index (χ1) is 7.54. The average Bonchev–Trinajstić information content (AvgIpc) is 2.26. The fraction of sp³-hybridized carbons (Fsp3) is 0.583. The van der Waals surface area contributed by atoms with Crippen molar-refractivity contribution in [3.05, 3.63) is 24.3 Å². The smallest absolute Gasteiger partial charge is 0.313 e. The Morgan fingerprint density at radius 1 is 1.50 bits per heavy atom. The van der Waals surface area contributed by atoms with Gasteiger partial charge in [0.05, 0.1) is 0 Å². The molecule has 4 heteroatoms. The molecule has 2 atom stereocenters. The number of hydrogen-bond donors (Lipinski definition) is 1. The molecule has 16 heavy (non-hydrogen) atoms. The molecular formula is C12H18O4. The predicted molar refractivity (Wildman–Crippen MR) is 59.9 cm³/mol. The van der Waals surface area contributed by atoms with Crippen molar-refractivity contribution in [2.45, 2.75) is 19.4 Å². The number of carbonyl (C=O) groups is 1. The summed E-state index contributed by atoms with van der Waals surface area (Å²) >= 11 is 0. The summed E-state index contributed by atoms with van der Waals surface area (Å²) in [7, 11) is 1.52. The topological polar surface area (TPSA) is 55.8 Å². The molecule has 4 nitrogen and oxygen atoms in total. The SMILES string of the molecule is COCOC1(C(C)C)C=CC=CC1C(=O)O. The zero-order valence-corrected chi connectivity index (χ0v) is 9.84. The molecule has 0 aromatic rings. The van der Waals surface area contributed by atoms with E-state index in [9.17, 15) is 9.90 Å². The van der Waals surface area contributed by atoms with Gasteiger partial charge in [-0.1, -0.05) is 38.2 Å². The van der Waals surface area contributed by atoms with Crippen LogP contribution >= 0.6 is 0 Å². The normalized spacial score (nSPS) is 28.6. The summed E-state index contributed by atoms with van der Waals surface area (Å²) in [6.45, 7) is 3.96. The molecule has 0 spiro atoms. The van der Waals surface area contributed by atoms with Crippen LogP contribution in [0.15, 0.2) is 24.3 Å². The van der Waals surface area contributed by atoms with Crippen molar-refractivity contribution in [2.24, 2.45) is 11.8 Å². The van der Waals surface area contributed by atoms with Crippen LogP contribution in [0.2, 0.25) is 0 Å². The average molecular weight is 226 g/mol. The quantitative estimate of drug-likeness (QED) is 0.727. The van der Waals surface area contributed by atoms with Crippen LogP contribution in [0.25, 0.3) is 0 Å². The van der Waals surface area contributed by atoms with Crippen LogP contribution in [-0.2, 0) is 14.3 Å². The summed E-state index contributed by atoms with van der Waals surface area (Å²) in [4.78, 5) is 11.2. The Bertz CT molecular complexity index is 306. The third-order valence-electron chi connectivity index (χ3n) is 2.85. The molecule has 0 aliphatic heterocycles. The Labute approximate surface area is 95.6 Å². The van der Waals surface area contributed by atoms with Crippen molar-refractivity contribution < 1.29 is 19.4 Å². The monoisotopic (exact) mass is 226 g/mol. The number of methoxy groups -OCH3 is 1. The van der Waals surface area contributed by atoms with Crippen LogP contribution in [0, 0.1) is 11.8 Å². The van der Waals surface area contributed by atoms with Crippen molar-refractivity contribution in [2.75, 3.05) is 13.9 Å². The lowest BCUT2D eigenvalue weighted by atomic mass is 9.76. The molecule has 1 N–H and O–H groups in total. The number of hydrogen-bond acceptors (Lipinski definition) is 3. The summed E-state index contributed by atoms with van der Waals surface area (Å²) in [6, 6.07) is 0. The maximum atomic E-state index is 11.2. The van der Waals surface area contributed by atoms with Crippen molar-refractivity contribution >= 4 is 5.97 Å². The van der Waals surface area contributed by atoms with Crippen LogP contribution in [0.5, 0.6) is 0 Å². The van der Waals surface area contributed by atoms with E-state index in [1.165, 1.54) is 7.11 Å². The lowest BCUT2D eigenvalue weighted by Gasteiger charge is -2.39. The number of carboxylic acid groups (broad SMARTS) is 1. The van der Waals surface area contributed by atoms with Crippen LogP contribution in [-0.4, -0.2) is 30.6 Å². The highest BCUT2D eigenvalue weighted by Crippen LogP contribution is 2.35. The first-order valence-electron chi connectivity index (χ1n) is 5.26. The van der Waals surface area contributed by atoms with Gasteiger partial charge in [0.2, 0.25) is 0 Å². The molecule has 0 bridgehead atoms. The number of rotatable bonds is 5. The van der Waals surface area contributed by atoms with E-state index in [2.05, 4.69) is 0 Å². The highest BCUT2D eigenvalue weighted by molar-refractivity contribution is 5.75. The summed E-state index contributed by atoms with van der Waals surface area (Å²) < 4.78 is 10.5. The number of carboxylic acids is 1. The third kappa shape index (κ3) is 2.33. The second-order valence-corrected chi connectivity index (χ2v) is 4.12. The molecular weight excluding hydrogens is 208 g/mol. The minimum absolute atomic E-state index is 0.0462. The minimum Gasteiger partial charge on any atom is -0.481 e. The van der Waals surface area contributed by atoms with Gasteiger partial charge in [0, 0.05) is 7.11 Å². The molecule has 0 aromatic carbocycles. The number of aliphatic carboxylic acids is 1. The first-order valence-corrected chi connectivity index (χ1v) is 5.26. The summed E-state index contributed by atoms with van der Waals surface area (Å²) in [5.41, 5.74) is -0.823. The summed E-state index contributed by atoms with van der Waals surface area (Å²) in [5.74, 6) is -1.51. The first kappa shape index (κ1) is 12.9. The molecule has 1 rings (SSSR count). The fourth-order valence-electron chi connectivity index (χ4n) is 1.93. The van der Waals surface area contributed by atoms with Crippen LogP contribution < -0.4 is 0 Å². The maximum Gasteiger partial charge on any atom is 0.313 e. The standard InChI is InChI=1S/C12H18O4/c1-9(2)12(16-8-15-3)7-5-4-6-10(12)11(13)14/h4-7,9-10H,8H2,1-3H3,(H,13,14). The van der Waals surface area contributed by atoms with Gasteiger partial charge < -0.3 is 14.6 Å². The van der Waals surface area contributed by atoms with Gasteiger partial charge in [0.15, 0.2) is 0 Å². The van der Waals surface area contributed by atoms with Gasteiger partial charge in [0.25, 0.3) is 0 Å². The van der Waals surface area contributed by atoms with Crippen molar-refractivity contribution in [1.82, 2.24) is 0 Å². The van der Waals surface area contributed by atoms with E-state index in [1.807, 2.05) is 19.9 Å². The second kappa shape index (κ2) is 5.27. The maximum absolute atomic E-state index is 11.2. The predicted octanol–water partition coefficient (Wildman–Crippen LogP) is 1.83. The number of ether oxygens (including phenoxy) is 2. The number of allylic oxidation sites excluding steroid dienone is 2. The Morgan fingerprint density at radius 2 is 2.19 bits per heavy atom. The zero-order chi connectivity index (χ0) is 12.2. The Hall–Kier alpha value is -1.13. The highest BCUT2D eigenvalue weighted by Gasteiger charge is 2.44. The Kier molecular flexibility index (Phi) is 4.26. The van der Waals surface area contributed by atoms with E-state index in [0.29, 0.717) is 0 Å². The van der Waals surface area contributed by atoms with E-state index in [4.69, 9.17) is 9.47 Å². The van der Waals surface area contributed by atoms with Crippen molar-refractivity contribution in [3.8, 4) is 0 Å². The molecule has 1 aliphatic rings. The largest absolute Gasteiger partial charge is 0.481 e. The van der Waals surface area contributed by atoms with Gasteiger partial charge >= 0.3 is 5.97 Å². The van der Waals surface area contributed by atoms with E-state index < -0.39 is 17.5 Å². The van der Waals surface area contributed by atoms with Crippen LogP contribution in [0.3, 0.4) is 0 Å². The van der Waals surface area contributed by atoms with Gasteiger partial charge in [-0.05, 0) is 5.92 Å². The Morgan fingerprint density at radius 3 is 2.69 bits per heavy atom. The molecule has 0 amide bonds. The molecule has 2 unspecified atom stereocenters. The highest BCUT2D eigenvalue weighted by atomic mass is 16.7. The molecule has 1 aliphatic carbocycles. The molecule has 0 heterocycles. The fourth-order valence-corrected chi connectivity index (χ4v) is 1.93. The summed E-state index contributed by atoms with van der Waals surface area (Å²) in [6.07, 6.45) is 7.00. The van der Waals surface area contributed by atoms with E-state index in [0.717, 1.165) is 0 Å². The van der Waals surface area contributed by atoms with Gasteiger partial charge in [-0.15, -0.1) is 0 Å². The van der Waals surface area contributed by atoms with Gasteiger partial charge in [-0.3, -0.25) is 4.79 Å². The summed E-state index contributed by atoms with van der Waals surface area (Å²) in [5, 5.41) is 9.22. The van der Waals surface area contributed by atoms with E-state index in [-0.39, 0.29) is 12.7 Å². The van der Waals surface area contributed by atoms with Gasteiger partial charge in [-0.2, -0.15) is 0 Å². The molecule has 90 valence electrons. The lowest BCUT2D eigenvalue weighted by molar-refractivity contribution is -0.169. The van der Waals surface area contributed by atoms with Crippen LogP contribution in [0.1, 0.15) is 13.8 Å². The van der Waals surface area contributed by atoms with Crippen molar-refractivity contribution in [1.29, 1.82) is 0 Å². The van der Waals surface area contributed by atoms with E-state index in [1.54, 1.807) is 18.2 Å². The third-order valence-corrected chi connectivity index (χ3v) is 2.85. The minimum atomic E-state index is -0.884. The van der Waals surface area contributed by atoms with Gasteiger partial charge in [0.1, 0.15) is 18.3 Å². The molecule has 0 saturated heterocycles. The molecule has 0 radical (unpaired) electrons. The molecule has 0 aromatic heterocycles. The van der Waals surface area contributed by atoms with E-state index >= 15 is 0 Å². The van der Waals surface area contributed by atoms with Crippen molar-refractivity contribution in [3.63, 3.8) is 0 Å². The zero-order valence-electron chi connectivity index (χ0n) is 9.84.